The Labute approximate surface area is 91.3 Å². The Morgan fingerprint density at radius 3 is 3.19 bits per heavy atom. The van der Waals surface area contributed by atoms with E-state index in [1.165, 1.54) is 0 Å². The van der Waals surface area contributed by atoms with Crippen molar-refractivity contribution in [3.8, 4) is 0 Å². The number of nitrogens with zero attached hydrogens (tertiary/aromatic N) is 2. The molecule has 0 aliphatic heterocycles. The van der Waals surface area contributed by atoms with Gasteiger partial charge < -0.3 is 14.8 Å². The monoisotopic (exact) mass is 221 g/mol. The number of imidazole rings is 1. The third-order valence-corrected chi connectivity index (χ3v) is 1.99. The first-order valence-electron chi connectivity index (χ1n) is 4.76. The molecular weight excluding hydrogens is 210 g/mol. The Bertz CT molecular complexity index is 521. The van der Waals surface area contributed by atoms with Gasteiger partial charge >= 0.3 is 5.97 Å². The molecule has 0 radical (unpaired) electrons. The number of nitrogens with one attached hydrogen (secondary N) is 1. The highest BCUT2D eigenvalue weighted by Crippen LogP contribution is 2.10. The number of ether oxygens (including phenoxy) is 1. The summed E-state index contributed by atoms with van der Waals surface area (Å²) in [7, 11) is 0. The Kier molecular flexibility index (Phi) is 2.82. The van der Waals surface area contributed by atoms with Gasteiger partial charge in [0.25, 0.3) is 0 Å². The topological polar surface area (TPSA) is 88.1 Å². The molecule has 0 bridgehead atoms. The predicted octanol–water partition coefficient (Wildman–Crippen LogP) is 0.868. The van der Waals surface area contributed by atoms with Crippen molar-refractivity contribution in [1.82, 2.24) is 15.0 Å². The first kappa shape index (κ1) is 10.6. The van der Waals surface area contributed by atoms with Crippen molar-refractivity contribution in [2.45, 2.75) is 13.5 Å². The summed E-state index contributed by atoms with van der Waals surface area (Å²) in [4.78, 5) is 21.6. The summed E-state index contributed by atoms with van der Waals surface area (Å²) in [6, 6.07) is 1.93. The van der Waals surface area contributed by atoms with Gasteiger partial charge in [0.15, 0.2) is 5.65 Å². The van der Waals surface area contributed by atoms with Crippen LogP contribution >= 0.6 is 0 Å². The first-order valence-corrected chi connectivity index (χ1v) is 4.76. The quantitative estimate of drug-likeness (QED) is 0.799. The summed E-state index contributed by atoms with van der Waals surface area (Å²) in [6.07, 6.45) is 1.73. The third-order valence-electron chi connectivity index (χ3n) is 1.99. The van der Waals surface area contributed by atoms with Crippen molar-refractivity contribution in [3.63, 3.8) is 0 Å². The minimum atomic E-state index is -0.995. The van der Waals surface area contributed by atoms with Crippen LogP contribution in [-0.2, 0) is 16.1 Å². The maximum atomic E-state index is 10.2. The summed E-state index contributed by atoms with van der Waals surface area (Å²) in [5.74, 6) is -0.417. The van der Waals surface area contributed by atoms with Crippen LogP contribution in [0.4, 0.5) is 0 Å². The number of hydrogen-bond donors (Lipinski definition) is 2. The Balaban J connectivity index is 2.10. The molecule has 0 unspecified atom stereocenters. The van der Waals surface area contributed by atoms with E-state index in [0.717, 1.165) is 11.1 Å². The third kappa shape index (κ3) is 2.34. The van der Waals surface area contributed by atoms with Crippen LogP contribution in [0.5, 0.6) is 0 Å². The molecule has 2 rings (SSSR count). The van der Waals surface area contributed by atoms with Gasteiger partial charge in [-0.15, -0.1) is 0 Å². The summed E-state index contributed by atoms with van der Waals surface area (Å²) >= 11 is 0. The smallest absolute Gasteiger partial charge is 0.329 e. The minimum absolute atomic E-state index is 0.141. The molecule has 6 nitrogen and oxygen atoms in total. The number of fused-ring (bicyclic) bond motifs is 1. The van der Waals surface area contributed by atoms with Crippen LogP contribution in [0.1, 0.15) is 11.4 Å². The Morgan fingerprint density at radius 2 is 2.44 bits per heavy atom. The van der Waals surface area contributed by atoms with Crippen molar-refractivity contribution < 1.29 is 14.6 Å². The zero-order chi connectivity index (χ0) is 11.5. The van der Waals surface area contributed by atoms with E-state index in [2.05, 4.69) is 15.0 Å². The number of pyridine rings is 1. The van der Waals surface area contributed by atoms with E-state index >= 15 is 0 Å². The standard InChI is InChI=1S/C10H11N3O3/c1-6-2-7-10(11-3-6)13-8(12-7)4-16-5-9(14)15/h2-3H,4-5H2,1H3,(H,14,15)(H,11,12,13). The maximum absolute atomic E-state index is 10.2. The van der Waals surface area contributed by atoms with Crippen molar-refractivity contribution in [3.05, 3.63) is 23.7 Å². The SMILES string of the molecule is Cc1cnc2nc(COCC(=O)O)[nH]c2c1. The summed E-state index contributed by atoms with van der Waals surface area (Å²) in [5.41, 5.74) is 2.47. The van der Waals surface area contributed by atoms with Gasteiger partial charge in [0, 0.05) is 6.20 Å². The lowest BCUT2D eigenvalue weighted by atomic mass is 10.3. The van der Waals surface area contributed by atoms with E-state index in [4.69, 9.17) is 9.84 Å². The fourth-order valence-electron chi connectivity index (χ4n) is 1.36. The van der Waals surface area contributed by atoms with Crippen LogP contribution in [0.15, 0.2) is 12.3 Å². The Hall–Kier alpha value is -1.95. The molecule has 0 fully saturated rings. The molecule has 2 aromatic rings. The predicted molar refractivity (Wildman–Crippen MR) is 55.9 cm³/mol. The lowest BCUT2D eigenvalue weighted by molar-refractivity contribution is -0.142. The Morgan fingerprint density at radius 1 is 1.62 bits per heavy atom. The number of aromatic nitrogens is 3. The zero-order valence-corrected chi connectivity index (χ0v) is 8.73. The lowest BCUT2D eigenvalue weighted by Gasteiger charge is -1.95. The van der Waals surface area contributed by atoms with Crippen molar-refractivity contribution in [2.24, 2.45) is 0 Å². The van der Waals surface area contributed by atoms with Gasteiger partial charge in [-0.3, -0.25) is 0 Å². The van der Waals surface area contributed by atoms with Crippen LogP contribution in [0.25, 0.3) is 11.2 Å². The van der Waals surface area contributed by atoms with E-state index in [0.29, 0.717) is 11.5 Å². The van der Waals surface area contributed by atoms with Crippen molar-refractivity contribution in [1.29, 1.82) is 0 Å². The molecule has 0 aliphatic rings. The molecule has 16 heavy (non-hydrogen) atoms. The fourth-order valence-corrected chi connectivity index (χ4v) is 1.36. The largest absolute Gasteiger partial charge is 0.480 e. The summed E-state index contributed by atoms with van der Waals surface area (Å²) in [5, 5.41) is 8.40. The molecule has 0 saturated heterocycles. The molecule has 0 aliphatic carbocycles. The van der Waals surface area contributed by atoms with Gasteiger partial charge in [-0.2, -0.15) is 0 Å². The molecule has 0 atom stereocenters. The zero-order valence-electron chi connectivity index (χ0n) is 8.73. The normalized spacial score (nSPS) is 10.8. The first-order chi connectivity index (χ1) is 7.65. The maximum Gasteiger partial charge on any atom is 0.329 e. The number of carboxylic acids is 1. The van der Waals surface area contributed by atoms with Gasteiger partial charge in [-0.05, 0) is 18.6 Å². The highest BCUT2D eigenvalue weighted by Gasteiger charge is 2.05. The number of hydrogen-bond acceptors (Lipinski definition) is 4. The molecular formula is C10H11N3O3. The van der Waals surface area contributed by atoms with Crippen molar-refractivity contribution >= 4 is 17.1 Å². The molecule has 0 spiro atoms. The number of carboxylic acid groups (broad SMARTS) is 1. The van der Waals surface area contributed by atoms with E-state index in [1.807, 2.05) is 13.0 Å². The summed E-state index contributed by atoms with van der Waals surface area (Å²) in [6.45, 7) is 1.75. The van der Waals surface area contributed by atoms with Crippen LogP contribution in [0.3, 0.4) is 0 Å². The molecule has 0 amide bonds. The number of H-pyrrole nitrogens is 1. The van der Waals surface area contributed by atoms with Gasteiger partial charge in [0.1, 0.15) is 19.0 Å². The highest BCUT2D eigenvalue weighted by atomic mass is 16.5. The number of carbonyl (C=O) groups is 1. The van der Waals surface area contributed by atoms with Crippen LogP contribution in [0.2, 0.25) is 0 Å². The van der Waals surface area contributed by atoms with Crippen LogP contribution in [0, 0.1) is 6.92 Å². The molecule has 6 heteroatoms. The van der Waals surface area contributed by atoms with E-state index in [9.17, 15) is 4.79 Å². The van der Waals surface area contributed by atoms with Crippen LogP contribution < -0.4 is 0 Å². The summed E-state index contributed by atoms with van der Waals surface area (Å²) < 4.78 is 4.92. The van der Waals surface area contributed by atoms with E-state index in [-0.39, 0.29) is 13.2 Å². The number of aryl methyl sites for hydroxylation is 1. The number of aliphatic carboxylic acids is 1. The second kappa shape index (κ2) is 4.28. The lowest BCUT2D eigenvalue weighted by Crippen LogP contribution is -2.07. The molecule has 0 aromatic carbocycles. The minimum Gasteiger partial charge on any atom is -0.480 e. The number of rotatable bonds is 4. The van der Waals surface area contributed by atoms with Crippen LogP contribution in [-0.4, -0.2) is 32.6 Å². The second-order valence-corrected chi connectivity index (χ2v) is 3.45. The molecule has 84 valence electrons. The molecule has 2 N–H and O–H groups in total. The molecule has 2 heterocycles. The molecule has 2 aromatic heterocycles. The second-order valence-electron chi connectivity index (χ2n) is 3.45. The number of aromatic amines is 1. The van der Waals surface area contributed by atoms with Gasteiger partial charge in [-0.25, -0.2) is 14.8 Å². The van der Waals surface area contributed by atoms with Gasteiger partial charge in [-0.1, -0.05) is 0 Å². The van der Waals surface area contributed by atoms with Crippen molar-refractivity contribution in [2.75, 3.05) is 6.61 Å². The molecule has 0 saturated carbocycles. The highest BCUT2D eigenvalue weighted by molar-refractivity contribution is 5.71. The average Bonchev–Trinajstić information content (AvgIpc) is 2.58. The average molecular weight is 221 g/mol. The van der Waals surface area contributed by atoms with Gasteiger partial charge in [0.05, 0.1) is 5.52 Å². The van der Waals surface area contributed by atoms with E-state index < -0.39 is 5.97 Å². The van der Waals surface area contributed by atoms with Gasteiger partial charge in [0.2, 0.25) is 0 Å². The fraction of sp³-hybridized carbons (Fsp3) is 0.300. The van der Waals surface area contributed by atoms with E-state index in [1.54, 1.807) is 6.20 Å².